The molecule has 0 bridgehead atoms. The minimum atomic E-state index is -0.311. The highest BCUT2D eigenvalue weighted by molar-refractivity contribution is 5.94. The van der Waals surface area contributed by atoms with Crippen LogP contribution in [-0.4, -0.2) is 22.6 Å². The van der Waals surface area contributed by atoms with E-state index in [-0.39, 0.29) is 17.6 Å². The van der Waals surface area contributed by atoms with Gasteiger partial charge in [0.25, 0.3) is 0 Å². The van der Waals surface area contributed by atoms with Gasteiger partial charge in [-0.1, -0.05) is 18.2 Å². The van der Waals surface area contributed by atoms with Crippen molar-refractivity contribution >= 4 is 11.7 Å². The Labute approximate surface area is 144 Å². The van der Waals surface area contributed by atoms with E-state index < -0.39 is 0 Å². The first-order valence-electron chi connectivity index (χ1n) is 7.93. The molecule has 0 fully saturated rings. The summed E-state index contributed by atoms with van der Waals surface area (Å²) < 4.78 is 20.4. The van der Waals surface area contributed by atoms with E-state index >= 15 is 0 Å². The first-order valence-corrected chi connectivity index (χ1v) is 7.93. The van der Waals surface area contributed by atoms with Gasteiger partial charge in [-0.15, -0.1) is 0 Å². The second-order valence-electron chi connectivity index (χ2n) is 5.87. The van der Waals surface area contributed by atoms with Gasteiger partial charge >= 0.3 is 0 Å². The molecule has 0 saturated heterocycles. The number of aromatic nitrogens is 2. The first-order chi connectivity index (χ1) is 12.2. The summed E-state index contributed by atoms with van der Waals surface area (Å²) in [6.07, 6.45) is 1.94. The summed E-state index contributed by atoms with van der Waals surface area (Å²) in [5.74, 6) is 0.741. The fourth-order valence-corrected chi connectivity index (χ4v) is 3.22. The number of ether oxygens (including phenoxy) is 1. The van der Waals surface area contributed by atoms with Crippen molar-refractivity contribution in [1.29, 1.82) is 0 Å². The molecular formula is C19H16FN3O2. The number of fused-ring (bicyclic) bond motifs is 1. The van der Waals surface area contributed by atoms with Crippen LogP contribution in [0.5, 0.6) is 5.75 Å². The molecule has 4 rings (SSSR count). The monoisotopic (exact) mass is 337 g/mol. The maximum absolute atomic E-state index is 13.2. The lowest BCUT2D eigenvalue weighted by atomic mass is 9.89. The molecule has 1 aromatic heterocycles. The van der Waals surface area contributed by atoms with E-state index in [2.05, 4.69) is 10.3 Å². The number of halogens is 1. The molecule has 126 valence electrons. The molecule has 1 aliphatic rings. The normalized spacial score (nSPS) is 16.2. The van der Waals surface area contributed by atoms with Crippen molar-refractivity contribution in [1.82, 2.24) is 9.55 Å². The van der Waals surface area contributed by atoms with Gasteiger partial charge in [-0.3, -0.25) is 9.36 Å². The van der Waals surface area contributed by atoms with E-state index in [1.807, 2.05) is 24.3 Å². The molecule has 2 heterocycles. The average molecular weight is 337 g/mol. The molecule has 0 unspecified atom stereocenters. The third-order valence-corrected chi connectivity index (χ3v) is 4.39. The number of amides is 1. The molecule has 5 nitrogen and oxygen atoms in total. The van der Waals surface area contributed by atoms with Gasteiger partial charge in [-0.25, -0.2) is 9.37 Å². The number of imidazole rings is 1. The molecule has 0 aliphatic carbocycles. The van der Waals surface area contributed by atoms with Crippen LogP contribution in [0.25, 0.3) is 5.69 Å². The minimum absolute atomic E-state index is 0.0905. The molecule has 3 aromatic rings. The Morgan fingerprint density at radius 3 is 2.72 bits per heavy atom. The number of methoxy groups -OCH3 is 1. The zero-order valence-corrected chi connectivity index (χ0v) is 13.6. The lowest BCUT2D eigenvalue weighted by molar-refractivity contribution is -0.116. The van der Waals surface area contributed by atoms with E-state index in [1.165, 1.54) is 12.1 Å². The Balaban J connectivity index is 1.83. The number of nitrogens with zero attached hydrogens (tertiary/aromatic N) is 2. The lowest BCUT2D eigenvalue weighted by Crippen LogP contribution is -2.25. The van der Waals surface area contributed by atoms with Crippen LogP contribution in [0.15, 0.2) is 54.9 Å². The highest BCUT2D eigenvalue weighted by atomic mass is 19.1. The van der Waals surface area contributed by atoms with Crippen LogP contribution in [0, 0.1) is 5.82 Å². The zero-order valence-electron chi connectivity index (χ0n) is 13.6. The summed E-state index contributed by atoms with van der Waals surface area (Å²) in [4.78, 5) is 16.8. The topological polar surface area (TPSA) is 56.1 Å². The van der Waals surface area contributed by atoms with Crippen LogP contribution in [0.3, 0.4) is 0 Å². The summed E-state index contributed by atoms with van der Waals surface area (Å²) in [6.45, 7) is 0. The van der Waals surface area contributed by atoms with Crippen molar-refractivity contribution in [3.8, 4) is 11.4 Å². The molecule has 6 heteroatoms. The summed E-state index contributed by atoms with van der Waals surface area (Å²) in [7, 11) is 1.61. The molecule has 1 amide bonds. The Hall–Kier alpha value is -3.15. The van der Waals surface area contributed by atoms with Crippen LogP contribution in [-0.2, 0) is 4.79 Å². The summed E-state index contributed by atoms with van der Waals surface area (Å²) in [5, 5.41) is 2.89. The van der Waals surface area contributed by atoms with Crippen molar-refractivity contribution in [2.45, 2.75) is 12.3 Å². The SMILES string of the molecule is COc1ccccc1[C@@H]1CC(=O)Nc2c1ncn2-c1ccc(F)cc1. The lowest BCUT2D eigenvalue weighted by Gasteiger charge is -2.24. The highest BCUT2D eigenvalue weighted by Gasteiger charge is 2.32. The van der Waals surface area contributed by atoms with Gasteiger partial charge in [-0.05, 0) is 30.3 Å². The molecule has 1 aliphatic heterocycles. The molecule has 2 aromatic carbocycles. The Morgan fingerprint density at radius 1 is 1.20 bits per heavy atom. The van der Waals surface area contributed by atoms with Gasteiger partial charge in [0.2, 0.25) is 5.91 Å². The Kier molecular flexibility index (Phi) is 3.72. The van der Waals surface area contributed by atoms with Crippen molar-refractivity contribution in [2.75, 3.05) is 12.4 Å². The van der Waals surface area contributed by atoms with Gasteiger partial charge in [-0.2, -0.15) is 0 Å². The molecule has 0 radical (unpaired) electrons. The Morgan fingerprint density at radius 2 is 1.96 bits per heavy atom. The van der Waals surface area contributed by atoms with Crippen LogP contribution in [0.4, 0.5) is 10.2 Å². The maximum Gasteiger partial charge on any atom is 0.226 e. The van der Waals surface area contributed by atoms with E-state index in [0.29, 0.717) is 12.2 Å². The fourth-order valence-electron chi connectivity index (χ4n) is 3.22. The molecule has 0 saturated carbocycles. The predicted octanol–water partition coefficient (Wildman–Crippen LogP) is 3.49. The van der Waals surface area contributed by atoms with Crippen molar-refractivity contribution in [3.63, 3.8) is 0 Å². The number of para-hydroxylation sites is 1. The van der Waals surface area contributed by atoms with Gasteiger partial charge in [0, 0.05) is 23.6 Å². The smallest absolute Gasteiger partial charge is 0.226 e. The third-order valence-electron chi connectivity index (χ3n) is 4.39. The molecule has 1 N–H and O–H groups in total. The van der Waals surface area contributed by atoms with Crippen LogP contribution >= 0.6 is 0 Å². The average Bonchev–Trinajstić information content (AvgIpc) is 3.05. The van der Waals surface area contributed by atoms with Gasteiger partial charge in [0.1, 0.15) is 23.7 Å². The second-order valence-corrected chi connectivity index (χ2v) is 5.87. The summed E-state index contributed by atoms with van der Waals surface area (Å²) >= 11 is 0. The van der Waals surface area contributed by atoms with Gasteiger partial charge < -0.3 is 10.1 Å². The van der Waals surface area contributed by atoms with Gasteiger partial charge in [0.15, 0.2) is 0 Å². The number of rotatable bonds is 3. The zero-order chi connectivity index (χ0) is 17.4. The number of anilines is 1. The number of benzene rings is 2. The maximum atomic E-state index is 13.2. The number of hydrogen-bond donors (Lipinski definition) is 1. The standard InChI is InChI=1S/C19H16FN3O2/c1-25-16-5-3-2-4-14(16)15-10-17(24)22-19-18(15)21-11-23(19)13-8-6-12(20)7-9-13/h2-9,11,15H,10H2,1H3,(H,22,24)/t15-/m0/s1. The number of carbonyl (C=O) groups excluding carboxylic acids is 1. The van der Waals surface area contributed by atoms with Crippen molar-refractivity contribution in [3.05, 3.63) is 71.9 Å². The van der Waals surface area contributed by atoms with Crippen molar-refractivity contribution < 1.29 is 13.9 Å². The van der Waals surface area contributed by atoms with E-state index in [4.69, 9.17) is 4.74 Å². The number of nitrogens with one attached hydrogen (secondary N) is 1. The molecular weight excluding hydrogens is 321 g/mol. The number of hydrogen-bond acceptors (Lipinski definition) is 3. The fraction of sp³-hybridized carbons (Fsp3) is 0.158. The van der Waals surface area contributed by atoms with Crippen LogP contribution in [0.2, 0.25) is 0 Å². The summed E-state index contributed by atoms with van der Waals surface area (Å²) in [6, 6.07) is 13.7. The Bertz CT molecular complexity index is 934. The molecule has 1 atom stereocenters. The van der Waals surface area contributed by atoms with Crippen LogP contribution in [0.1, 0.15) is 23.6 Å². The first kappa shape index (κ1) is 15.4. The second kappa shape index (κ2) is 6.05. The van der Waals surface area contributed by atoms with Gasteiger partial charge in [0.05, 0.1) is 12.8 Å². The predicted molar refractivity (Wildman–Crippen MR) is 91.6 cm³/mol. The van der Waals surface area contributed by atoms with Crippen LogP contribution < -0.4 is 10.1 Å². The minimum Gasteiger partial charge on any atom is -0.496 e. The quantitative estimate of drug-likeness (QED) is 0.796. The largest absolute Gasteiger partial charge is 0.496 e. The molecule has 0 spiro atoms. The molecule has 25 heavy (non-hydrogen) atoms. The van der Waals surface area contributed by atoms with Crippen molar-refractivity contribution in [2.24, 2.45) is 0 Å². The van der Waals surface area contributed by atoms with E-state index in [0.717, 1.165) is 22.7 Å². The summed E-state index contributed by atoms with van der Waals surface area (Å²) in [5.41, 5.74) is 2.43. The third kappa shape index (κ3) is 2.65. The van der Waals surface area contributed by atoms with E-state index in [9.17, 15) is 9.18 Å². The van der Waals surface area contributed by atoms with E-state index in [1.54, 1.807) is 30.1 Å². The number of carbonyl (C=O) groups is 1. The highest BCUT2D eigenvalue weighted by Crippen LogP contribution is 2.40.